The third kappa shape index (κ3) is 4.80. The molecule has 5 heteroatoms. The Labute approximate surface area is 123 Å². The van der Waals surface area contributed by atoms with E-state index in [4.69, 9.17) is 9.47 Å². The minimum atomic E-state index is -0.0736. The van der Waals surface area contributed by atoms with Gasteiger partial charge in [-0.05, 0) is 24.3 Å². The van der Waals surface area contributed by atoms with Gasteiger partial charge in [-0.15, -0.1) is 0 Å². The maximum absolute atomic E-state index is 11.7. The lowest BCUT2D eigenvalue weighted by Gasteiger charge is -2.10. The number of carbonyl (C=O) groups is 1. The van der Waals surface area contributed by atoms with Crippen molar-refractivity contribution in [1.82, 2.24) is 10.3 Å². The van der Waals surface area contributed by atoms with Crippen LogP contribution < -0.4 is 14.8 Å². The molecule has 21 heavy (non-hydrogen) atoms. The predicted octanol–water partition coefficient (Wildman–Crippen LogP) is 2.18. The third-order valence-corrected chi connectivity index (χ3v) is 2.85. The monoisotopic (exact) mass is 286 g/mol. The van der Waals surface area contributed by atoms with Crippen LogP contribution in [0.1, 0.15) is 12.1 Å². The molecule has 5 nitrogen and oxygen atoms in total. The molecule has 1 amide bonds. The summed E-state index contributed by atoms with van der Waals surface area (Å²) >= 11 is 0. The Morgan fingerprint density at radius 3 is 2.62 bits per heavy atom. The molecular formula is C16H18N2O3. The molecule has 0 saturated heterocycles. The molecule has 1 heterocycles. The number of rotatable bonds is 7. The first-order valence-corrected chi connectivity index (χ1v) is 6.72. The third-order valence-electron chi connectivity index (χ3n) is 2.85. The van der Waals surface area contributed by atoms with Gasteiger partial charge in [0, 0.05) is 6.20 Å². The maximum atomic E-state index is 11.7. The van der Waals surface area contributed by atoms with E-state index in [2.05, 4.69) is 10.3 Å². The number of pyridine rings is 1. The highest BCUT2D eigenvalue weighted by Crippen LogP contribution is 2.25. The molecule has 2 rings (SSSR count). The van der Waals surface area contributed by atoms with E-state index < -0.39 is 0 Å². The number of hydrogen-bond donors (Lipinski definition) is 1. The van der Waals surface area contributed by atoms with Gasteiger partial charge >= 0.3 is 0 Å². The van der Waals surface area contributed by atoms with Gasteiger partial charge in [0.25, 0.3) is 0 Å². The summed E-state index contributed by atoms with van der Waals surface area (Å²) in [5.41, 5.74) is 0.830. The summed E-state index contributed by atoms with van der Waals surface area (Å²) in [5.74, 6) is 1.22. The van der Waals surface area contributed by atoms with Gasteiger partial charge in [0.1, 0.15) is 0 Å². The van der Waals surface area contributed by atoms with Crippen LogP contribution in [-0.2, 0) is 11.3 Å². The van der Waals surface area contributed by atoms with Crippen LogP contribution in [0.25, 0.3) is 0 Å². The zero-order valence-electron chi connectivity index (χ0n) is 11.9. The molecule has 0 spiro atoms. The van der Waals surface area contributed by atoms with Gasteiger partial charge < -0.3 is 14.8 Å². The number of nitrogens with one attached hydrogen (secondary N) is 1. The number of carbonyl (C=O) groups excluding carboxylic acids is 1. The molecule has 1 aromatic heterocycles. The normalized spacial score (nSPS) is 9.95. The summed E-state index contributed by atoms with van der Waals surface area (Å²) in [6, 6.07) is 12.9. The summed E-state index contributed by atoms with van der Waals surface area (Å²) in [6.07, 6.45) is 1.98. The lowest BCUT2D eigenvalue weighted by Crippen LogP contribution is -2.24. The first kappa shape index (κ1) is 14.8. The molecule has 0 aliphatic carbocycles. The SMILES string of the molecule is COc1ccccc1OCCC(=O)NCc1ccccn1. The molecule has 0 radical (unpaired) electrons. The van der Waals surface area contributed by atoms with E-state index in [1.807, 2.05) is 42.5 Å². The van der Waals surface area contributed by atoms with Gasteiger partial charge in [-0.2, -0.15) is 0 Å². The van der Waals surface area contributed by atoms with Crippen LogP contribution in [0.4, 0.5) is 0 Å². The minimum Gasteiger partial charge on any atom is -0.493 e. The molecule has 0 saturated carbocycles. The van der Waals surface area contributed by atoms with Crippen molar-refractivity contribution in [3.05, 3.63) is 54.4 Å². The Bertz CT molecular complexity index is 573. The molecule has 110 valence electrons. The molecule has 0 fully saturated rings. The number of ether oxygens (including phenoxy) is 2. The van der Waals surface area contributed by atoms with Gasteiger partial charge in [0.15, 0.2) is 11.5 Å². The fraction of sp³-hybridized carbons (Fsp3) is 0.250. The number of benzene rings is 1. The molecule has 1 aromatic carbocycles. The van der Waals surface area contributed by atoms with Crippen molar-refractivity contribution < 1.29 is 14.3 Å². The minimum absolute atomic E-state index is 0.0736. The van der Waals surface area contributed by atoms with Crippen LogP contribution in [0.5, 0.6) is 11.5 Å². The zero-order chi connectivity index (χ0) is 14.9. The van der Waals surface area contributed by atoms with Crippen LogP contribution in [0, 0.1) is 0 Å². The van der Waals surface area contributed by atoms with Crippen LogP contribution in [0.2, 0.25) is 0 Å². The van der Waals surface area contributed by atoms with Crippen LogP contribution >= 0.6 is 0 Å². The number of methoxy groups -OCH3 is 1. The second-order valence-corrected chi connectivity index (χ2v) is 4.35. The summed E-state index contributed by atoms with van der Waals surface area (Å²) in [7, 11) is 1.59. The Morgan fingerprint density at radius 1 is 1.14 bits per heavy atom. The van der Waals surface area contributed by atoms with E-state index in [1.165, 1.54) is 0 Å². The van der Waals surface area contributed by atoms with E-state index >= 15 is 0 Å². The molecule has 0 aliphatic heterocycles. The summed E-state index contributed by atoms with van der Waals surface area (Å²) < 4.78 is 10.7. The van der Waals surface area contributed by atoms with Gasteiger partial charge in [0.2, 0.25) is 5.91 Å². The highest BCUT2D eigenvalue weighted by Gasteiger charge is 2.05. The predicted molar refractivity (Wildman–Crippen MR) is 79.2 cm³/mol. The van der Waals surface area contributed by atoms with Crippen molar-refractivity contribution in [2.75, 3.05) is 13.7 Å². The Morgan fingerprint density at radius 2 is 1.90 bits per heavy atom. The fourth-order valence-electron chi connectivity index (χ4n) is 1.77. The number of nitrogens with zero attached hydrogens (tertiary/aromatic N) is 1. The smallest absolute Gasteiger partial charge is 0.223 e. The van der Waals surface area contributed by atoms with Crippen LogP contribution in [-0.4, -0.2) is 24.6 Å². The summed E-state index contributed by atoms with van der Waals surface area (Å²) in [4.78, 5) is 15.8. The first-order chi connectivity index (χ1) is 10.3. The average molecular weight is 286 g/mol. The number of aromatic nitrogens is 1. The van der Waals surface area contributed by atoms with Crippen molar-refractivity contribution in [1.29, 1.82) is 0 Å². The molecule has 1 N–H and O–H groups in total. The van der Waals surface area contributed by atoms with Crippen molar-refractivity contribution >= 4 is 5.91 Å². The lowest BCUT2D eigenvalue weighted by atomic mass is 10.3. The van der Waals surface area contributed by atoms with Gasteiger partial charge in [-0.25, -0.2) is 0 Å². The Kier molecular flexibility index (Phi) is 5.58. The second-order valence-electron chi connectivity index (χ2n) is 4.35. The molecule has 0 bridgehead atoms. The zero-order valence-corrected chi connectivity index (χ0v) is 11.9. The van der Waals surface area contributed by atoms with E-state index in [0.29, 0.717) is 24.7 Å². The van der Waals surface area contributed by atoms with E-state index in [1.54, 1.807) is 13.3 Å². The van der Waals surface area contributed by atoms with E-state index in [-0.39, 0.29) is 12.3 Å². The molecule has 2 aromatic rings. The highest BCUT2D eigenvalue weighted by atomic mass is 16.5. The summed E-state index contributed by atoms with van der Waals surface area (Å²) in [5, 5.41) is 2.80. The molecule has 0 unspecified atom stereocenters. The van der Waals surface area contributed by atoms with Crippen molar-refractivity contribution in [3.8, 4) is 11.5 Å². The topological polar surface area (TPSA) is 60.5 Å². The molecular weight excluding hydrogens is 268 g/mol. The maximum Gasteiger partial charge on any atom is 0.223 e. The molecule has 0 aliphatic rings. The van der Waals surface area contributed by atoms with Gasteiger partial charge in [0.05, 0.1) is 32.4 Å². The average Bonchev–Trinajstić information content (AvgIpc) is 2.54. The number of amides is 1. The number of hydrogen-bond acceptors (Lipinski definition) is 4. The standard InChI is InChI=1S/C16H18N2O3/c1-20-14-7-2-3-8-15(14)21-11-9-16(19)18-12-13-6-4-5-10-17-13/h2-8,10H,9,11-12H2,1H3,(H,18,19). The second kappa shape index (κ2) is 7.89. The van der Waals surface area contributed by atoms with Crippen molar-refractivity contribution in [2.24, 2.45) is 0 Å². The Balaban J connectivity index is 1.72. The van der Waals surface area contributed by atoms with Crippen molar-refractivity contribution in [3.63, 3.8) is 0 Å². The highest BCUT2D eigenvalue weighted by molar-refractivity contribution is 5.75. The Hall–Kier alpha value is -2.56. The van der Waals surface area contributed by atoms with Gasteiger partial charge in [-0.1, -0.05) is 18.2 Å². The first-order valence-electron chi connectivity index (χ1n) is 6.72. The molecule has 0 atom stereocenters. The van der Waals surface area contributed by atoms with Crippen LogP contribution in [0.15, 0.2) is 48.7 Å². The number of para-hydroxylation sites is 2. The van der Waals surface area contributed by atoms with E-state index in [0.717, 1.165) is 5.69 Å². The fourth-order valence-corrected chi connectivity index (χ4v) is 1.77. The van der Waals surface area contributed by atoms with E-state index in [9.17, 15) is 4.79 Å². The lowest BCUT2D eigenvalue weighted by molar-refractivity contribution is -0.121. The van der Waals surface area contributed by atoms with Crippen LogP contribution in [0.3, 0.4) is 0 Å². The van der Waals surface area contributed by atoms with Gasteiger partial charge in [-0.3, -0.25) is 9.78 Å². The summed E-state index contributed by atoms with van der Waals surface area (Å²) in [6.45, 7) is 0.725. The largest absolute Gasteiger partial charge is 0.493 e. The quantitative estimate of drug-likeness (QED) is 0.847. The van der Waals surface area contributed by atoms with Crippen molar-refractivity contribution in [2.45, 2.75) is 13.0 Å².